The highest BCUT2D eigenvalue weighted by molar-refractivity contribution is 6.35. The number of methoxy groups -OCH3 is 1. The molecule has 0 bridgehead atoms. The van der Waals surface area contributed by atoms with Gasteiger partial charge in [-0.15, -0.1) is 0 Å². The Labute approximate surface area is 141 Å². The predicted octanol–water partition coefficient (Wildman–Crippen LogP) is 3.35. The number of rotatable bonds is 4. The molecule has 4 nitrogen and oxygen atoms in total. The number of benzene rings is 1. The van der Waals surface area contributed by atoms with Crippen molar-refractivity contribution in [2.45, 2.75) is 32.9 Å². The molecule has 1 aliphatic heterocycles. The molecule has 22 heavy (non-hydrogen) atoms. The van der Waals surface area contributed by atoms with Gasteiger partial charge in [-0.1, -0.05) is 30.1 Å². The van der Waals surface area contributed by atoms with E-state index in [9.17, 15) is 4.79 Å². The monoisotopic (exact) mass is 344 g/mol. The smallest absolute Gasteiger partial charge is 0.219 e. The maximum Gasteiger partial charge on any atom is 0.219 e. The Morgan fingerprint density at radius 2 is 2.18 bits per heavy atom. The average molecular weight is 345 g/mol. The van der Waals surface area contributed by atoms with Crippen LogP contribution in [0.1, 0.15) is 25.8 Å². The van der Waals surface area contributed by atoms with Gasteiger partial charge in [0.25, 0.3) is 0 Å². The highest BCUT2D eigenvalue weighted by Gasteiger charge is 2.27. The van der Waals surface area contributed by atoms with Crippen LogP contribution in [0.3, 0.4) is 0 Å². The second kappa shape index (κ2) is 7.53. The molecule has 2 unspecified atom stereocenters. The summed E-state index contributed by atoms with van der Waals surface area (Å²) in [5.74, 6) is 1.21. The van der Waals surface area contributed by atoms with Crippen molar-refractivity contribution in [3.05, 3.63) is 27.7 Å². The zero-order valence-electron chi connectivity index (χ0n) is 13.2. The molecule has 2 rings (SSSR count). The number of amides is 1. The summed E-state index contributed by atoms with van der Waals surface area (Å²) >= 11 is 12.2. The SMILES string of the molecule is COc1c(Cl)cc(Cl)cc1CNC1CCN(C(C)=O)CC1C. The molecular weight excluding hydrogens is 323 g/mol. The molecule has 1 N–H and O–H groups in total. The van der Waals surface area contributed by atoms with Gasteiger partial charge >= 0.3 is 0 Å². The van der Waals surface area contributed by atoms with Crippen LogP contribution in [0.15, 0.2) is 12.1 Å². The standard InChI is InChI=1S/C16H22Cl2N2O2/c1-10-9-20(11(2)21)5-4-15(10)19-8-12-6-13(17)7-14(18)16(12)22-3/h6-7,10,15,19H,4-5,8-9H2,1-3H3. The van der Waals surface area contributed by atoms with E-state index in [2.05, 4.69) is 12.2 Å². The van der Waals surface area contributed by atoms with Crippen LogP contribution in [-0.2, 0) is 11.3 Å². The third-order valence-electron chi connectivity index (χ3n) is 4.19. The van der Waals surface area contributed by atoms with E-state index in [1.165, 1.54) is 0 Å². The highest BCUT2D eigenvalue weighted by Crippen LogP contribution is 2.32. The summed E-state index contributed by atoms with van der Waals surface area (Å²) in [4.78, 5) is 13.4. The zero-order chi connectivity index (χ0) is 16.3. The van der Waals surface area contributed by atoms with Gasteiger partial charge in [0.15, 0.2) is 0 Å². The minimum atomic E-state index is 0.147. The van der Waals surface area contributed by atoms with Crippen LogP contribution in [0.5, 0.6) is 5.75 Å². The number of hydrogen-bond donors (Lipinski definition) is 1. The van der Waals surface area contributed by atoms with Gasteiger partial charge in [0, 0.05) is 43.2 Å². The summed E-state index contributed by atoms with van der Waals surface area (Å²) < 4.78 is 5.36. The Balaban J connectivity index is 2.00. The van der Waals surface area contributed by atoms with Crippen LogP contribution in [0.25, 0.3) is 0 Å². The fraction of sp³-hybridized carbons (Fsp3) is 0.562. The number of nitrogens with zero attached hydrogens (tertiary/aromatic N) is 1. The van der Waals surface area contributed by atoms with Gasteiger partial charge in [-0.05, 0) is 24.5 Å². The normalized spacial score (nSPS) is 21.8. The average Bonchev–Trinajstić information content (AvgIpc) is 2.45. The molecule has 1 aliphatic rings. The second-order valence-corrected chi connectivity index (χ2v) is 6.64. The Bertz CT molecular complexity index is 551. The van der Waals surface area contributed by atoms with Crippen molar-refractivity contribution in [1.29, 1.82) is 0 Å². The van der Waals surface area contributed by atoms with Crippen LogP contribution in [-0.4, -0.2) is 37.0 Å². The lowest BCUT2D eigenvalue weighted by Crippen LogP contribution is -2.49. The fourth-order valence-corrected chi connectivity index (χ4v) is 3.56. The first kappa shape index (κ1) is 17.4. The van der Waals surface area contributed by atoms with Crippen molar-refractivity contribution in [2.24, 2.45) is 5.92 Å². The van der Waals surface area contributed by atoms with Gasteiger partial charge < -0.3 is 15.0 Å². The summed E-state index contributed by atoms with van der Waals surface area (Å²) in [6, 6.07) is 3.91. The van der Waals surface area contributed by atoms with E-state index in [0.29, 0.717) is 34.3 Å². The number of carbonyl (C=O) groups excluding carboxylic acids is 1. The Kier molecular flexibility index (Phi) is 5.95. The van der Waals surface area contributed by atoms with Crippen molar-refractivity contribution in [2.75, 3.05) is 20.2 Å². The van der Waals surface area contributed by atoms with Crippen LogP contribution in [0.4, 0.5) is 0 Å². The highest BCUT2D eigenvalue weighted by atomic mass is 35.5. The maximum atomic E-state index is 11.4. The summed E-state index contributed by atoms with van der Waals surface area (Å²) in [5, 5.41) is 4.66. The molecule has 0 aliphatic carbocycles. The first-order chi connectivity index (χ1) is 10.4. The minimum absolute atomic E-state index is 0.147. The molecule has 1 amide bonds. The van der Waals surface area contributed by atoms with Crippen molar-refractivity contribution >= 4 is 29.1 Å². The molecule has 1 aromatic rings. The number of halogens is 2. The van der Waals surface area contributed by atoms with Crippen LogP contribution in [0.2, 0.25) is 10.0 Å². The lowest BCUT2D eigenvalue weighted by atomic mass is 9.93. The molecule has 2 atom stereocenters. The van der Waals surface area contributed by atoms with E-state index in [-0.39, 0.29) is 5.91 Å². The lowest BCUT2D eigenvalue weighted by Gasteiger charge is -2.37. The van der Waals surface area contributed by atoms with Crippen LogP contribution < -0.4 is 10.1 Å². The second-order valence-electron chi connectivity index (χ2n) is 5.80. The summed E-state index contributed by atoms with van der Waals surface area (Å²) in [6.07, 6.45) is 0.942. The topological polar surface area (TPSA) is 41.6 Å². The number of hydrogen-bond acceptors (Lipinski definition) is 3. The summed E-state index contributed by atoms with van der Waals surface area (Å²) in [6.45, 7) is 6.01. The summed E-state index contributed by atoms with van der Waals surface area (Å²) in [5.41, 5.74) is 0.946. The molecule has 1 heterocycles. The zero-order valence-corrected chi connectivity index (χ0v) is 14.7. The third-order valence-corrected chi connectivity index (χ3v) is 4.69. The molecule has 1 aromatic carbocycles. The molecule has 0 saturated carbocycles. The largest absolute Gasteiger partial charge is 0.495 e. The fourth-order valence-electron chi connectivity index (χ4n) is 2.95. The van der Waals surface area contributed by atoms with Gasteiger partial charge in [0.05, 0.1) is 12.1 Å². The Hall–Kier alpha value is -0.970. The van der Waals surface area contributed by atoms with Gasteiger partial charge in [0.2, 0.25) is 5.91 Å². The van der Waals surface area contributed by atoms with Crippen LogP contribution in [0, 0.1) is 5.92 Å². The number of ether oxygens (including phenoxy) is 1. The maximum absolute atomic E-state index is 11.4. The number of nitrogens with one attached hydrogen (secondary N) is 1. The van der Waals surface area contributed by atoms with Crippen molar-refractivity contribution in [3.8, 4) is 5.75 Å². The van der Waals surface area contributed by atoms with Crippen molar-refractivity contribution < 1.29 is 9.53 Å². The first-order valence-electron chi connectivity index (χ1n) is 7.43. The van der Waals surface area contributed by atoms with Gasteiger partial charge in [-0.25, -0.2) is 0 Å². The van der Waals surface area contributed by atoms with E-state index in [0.717, 1.165) is 25.1 Å². The van der Waals surface area contributed by atoms with Crippen molar-refractivity contribution in [3.63, 3.8) is 0 Å². The van der Waals surface area contributed by atoms with Crippen LogP contribution >= 0.6 is 23.2 Å². The van der Waals surface area contributed by atoms with Gasteiger partial charge in [-0.3, -0.25) is 4.79 Å². The van der Waals surface area contributed by atoms with E-state index >= 15 is 0 Å². The number of piperidine rings is 1. The Morgan fingerprint density at radius 3 is 2.77 bits per heavy atom. The predicted molar refractivity (Wildman–Crippen MR) is 89.7 cm³/mol. The molecule has 1 saturated heterocycles. The number of carbonyl (C=O) groups is 1. The molecular formula is C16H22Cl2N2O2. The number of likely N-dealkylation sites (tertiary alicyclic amines) is 1. The van der Waals surface area contributed by atoms with Crippen molar-refractivity contribution in [1.82, 2.24) is 10.2 Å². The Morgan fingerprint density at radius 1 is 1.45 bits per heavy atom. The first-order valence-corrected chi connectivity index (χ1v) is 8.18. The van der Waals surface area contributed by atoms with E-state index < -0.39 is 0 Å². The van der Waals surface area contributed by atoms with E-state index in [1.54, 1.807) is 20.1 Å². The molecule has 1 fully saturated rings. The molecule has 6 heteroatoms. The summed E-state index contributed by atoms with van der Waals surface area (Å²) in [7, 11) is 1.60. The molecule has 0 aromatic heterocycles. The molecule has 122 valence electrons. The van der Waals surface area contributed by atoms with Gasteiger partial charge in [-0.2, -0.15) is 0 Å². The third kappa shape index (κ3) is 4.06. The quantitative estimate of drug-likeness (QED) is 0.910. The van der Waals surface area contributed by atoms with E-state index in [4.69, 9.17) is 27.9 Å². The lowest BCUT2D eigenvalue weighted by molar-refractivity contribution is -0.130. The molecule has 0 radical (unpaired) electrons. The van der Waals surface area contributed by atoms with E-state index in [1.807, 2.05) is 11.0 Å². The molecule has 0 spiro atoms. The minimum Gasteiger partial charge on any atom is -0.495 e. The van der Waals surface area contributed by atoms with Gasteiger partial charge in [0.1, 0.15) is 5.75 Å².